The van der Waals surface area contributed by atoms with Crippen LogP contribution >= 0.6 is 0 Å². The van der Waals surface area contributed by atoms with Crippen LogP contribution in [0.15, 0.2) is 22.6 Å². The summed E-state index contributed by atoms with van der Waals surface area (Å²) in [4.78, 5) is 0. The Labute approximate surface area is 126 Å². The molecule has 0 saturated carbocycles. The van der Waals surface area contributed by atoms with Crippen molar-refractivity contribution in [3.63, 3.8) is 0 Å². The Morgan fingerprint density at radius 2 is 2.00 bits per heavy atom. The lowest BCUT2D eigenvalue weighted by molar-refractivity contribution is 0.316. The van der Waals surface area contributed by atoms with Crippen LogP contribution in [0.1, 0.15) is 57.4 Å². The quantitative estimate of drug-likeness (QED) is 0.743. The van der Waals surface area contributed by atoms with Crippen LogP contribution in [-0.2, 0) is 0 Å². The molecule has 2 nitrogen and oxygen atoms in total. The third-order valence-corrected chi connectivity index (χ3v) is 4.14. The summed E-state index contributed by atoms with van der Waals surface area (Å²) in [6.07, 6.45) is 3.38. The van der Waals surface area contributed by atoms with Gasteiger partial charge in [-0.1, -0.05) is 27.2 Å². The van der Waals surface area contributed by atoms with Gasteiger partial charge in [-0.05, 0) is 50.4 Å². The van der Waals surface area contributed by atoms with Gasteiger partial charge in [0.2, 0.25) is 0 Å². The molecule has 0 spiro atoms. The summed E-state index contributed by atoms with van der Waals surface area (Å²) in [6, 6.07) is 4.95. The predicted octanol–water partition coefficient (Wildman–Crippen LogP) is 5.36. The summed E-state index contributed by atoms with van der Waals surface area (Å²) in [5.41, 5.74) is 1.83. The maximum absolute atomic E-state index is 13.5. The van der Waals surface area contributed by atoms with E-state index >= 15 is 0 Å². The topological polar surface area (TPSA) is 25.2 Å². The average Bonchev–Trinajstić information content (AvgIpc) is 2.77. The fourth-order valence-electron chi connectivity index (χ4n) is 2.98. The van der Waals surface area contributed by atoms with E-state index in [0.29, 0.717) is 5.92 Å². The summed E-state index contributed by atoms with van der Waals surface area (Å²) in [7, 11) is 0. The fourth-order valence-corrected chi connectivity index (χ4v) is 2.98. The molecule has 1 N–H and O–H groups in total. The molecule has 0 bridgehead atoms. The molecule has 21 heavy (non-hydrogen) atoms. The van der Waals surface area contributed by atoms with E-state index in [1.807, 2.05) is 6.92 Å². The smallest absolute Gasteiger partial charge is 0.134 e. The molecular weight excluding hydrogens is 265 g/mol. The molecule has 2 atom stereocenters. The Kier molecular flexibility index (Phi) is 5.40. The summed E-state index contributed by atoms with van der Waals surface area (Å²) >= 11 is 0. The Morgan fingerprint density at radius 3 is 2.67 bits per heavy atom. The Hall–Kier alpha value is -1.35. The largest absolute Gasteiger partial charge is 0.459 e. The van der Waals surface area contributed by atoms with Crippen LogP contribution in [0.3, 0.4) is 0 Å². The van der Waals surface area contributed by atoms with Crippen molar-refractivity contribution < 1.29 is 8.81 Å². The zero-order valence-electron chi connectivity index (χ0n) is 13.5. The number of nitrogens with one attached hydrogen (secondary N) is 1. The third-order valence-electron chi connectivity index (χ3n) is 4.14. The number of rotatable bonds is 7. The second-order valence-corrected chi connectivity index (χ2v) is 5.93. The van der Waals surface area contributed by atoms with Gasteiger partial charge < -0.3 is 9.73 Å². The number of hydrogen-bond acceptors (Lipinski definition) is 2. The van der Waals surface area contributed by atoms with Crippen molar-refractivity contribution in [3.8, 4) is 0 Å². The lowest BCUT2D eigenvalue weighted by Crippen LogP contribution is -2.27. The maximum Gasteiger partial charge on any atom is 0.134 e. The lowest BCUT2D eigenvalue weighted by atomic mass is 9.92. The van der Waals surface area contributed by atoms with E-state index in [2.05, 4.69) is 26.1 Å². The number of furan rings is 1. The van der Waals surface area contributed by atoms with E-state index in [0.717, 1.165) is 48.1 Å². The molecule has 0 aliphatic carbocycles. The van der Waals surface area contributed by atoms with Crippen LogP contribution in [0.25, 0.3) is 11.0 Å². The summed E-state index contributed by atoms with van der Waals surface area (Å²) < 4.78 is 19.5. The van der Waals surface area contributed by atoms with Gasteiger partial charge in [0.1, 0.15) is 17.2 Å². The van der Waals surface area contributed by atoms with Gasteiger partial charge >= 0.3 is 0 Å². The SMILES string of the molecule is CCCNC(c1oc2ccc(F)cc2c1C)C(C)CCC. The van der Waals surface area contributed by atoms with Gasteiger partial charge in [-0.25, -0.2) is 4.39 Å². The predicted molar refractivity (Wildman–Crippen MR) is 86.0 cm³/mol. The van der Waals surface area contributed by atoms with Crippen LogP contribution < -0.4 is 5.32 Å². The molecule has 0 amide bonds. The average molecular weight is 291 g/mol. The van der Waals surface area contributed by atoms with E-state index in [-0.39, 0.29) is 11.9 Å². The van der Waals surface area contributed by atoms with Crippen LogP contribution in [0.5, 0.6) is 0 Å². The molecule has 2 aromatic rings. The Bertz CT molecular complexity index is 590. The molecule has 0 saturated heterocycles. The van der Waals surface area contributed by atoms with Crippen LogP contribution in [-0.4, -0.2) is 6.54 Å². The van der Waals surface area contributed by atoms with E-state index < -0.39 is 0 Å². The molecular formula is C18H26FNO. The van der Waals surface area contributed by atoms with Crippen molar-refractivity contribution in [2.75, 3.05) is 6.54 Å². The summed E-state index contributed by atoms with van der Waals surface area (Å²) in [5.74, 6) is 1.24. The van der Waals surface area contributed by atoms with E-state index in [4.69, 9.17) is 4.42 Å². The number of fused-ring (bicyclic) bond motifs is 1. The second kappa shape index (κ2) is 7.08. The van der Waals surface area contributed by atoms with Gasteiger partial charge in [-0.3, -0.25) is 0 Å². The first kappa shape index (κ1) is 16.0. The van der Waals surface area contributed by atoms with Gasteiger partial charge in [0, 0.05) is 10.9 Å². The Balaban J connectivity index is 2.40. The van der Waals surface area contributed by atoms with Crippen LogP contribution in [0.4, 0.5) is 4.39 Å². The molecule has 1 heterocycles. The van der Waals surface area contributed by atoms with Gasteiger partial charge in [0.25, 0.3) is 0 Å². The maximum atomic E-state index is 13.5. The molecule has 2 unspecified atom stereocenters. The standard InChI is InChI=1S/C18H26FNO/c1-5-7-12(3)17(20-10-6-2)18-13(4)15-11-14(19)8-9-16(15)21-18/h8-9,11-12,17,20H,5-7,10H2,1-4H3. The van der Waals surface area contributed by atoms with Crippen molar-refractivity contribution in [2.24, 2.45) is 5.92 Å². The highest BCUT2D eigenvalue weighted by atomic mass is 19.1. The molecule has 1 aromatic carbocycles. The minimum absolute atomic E-state index is 0.195. The van der Waals surface area contributed by atoms with E-state index in [1.54, 1.807) is 12.1 Å². The number of benzene rings is 1. The highest BCUT2D eigenvalue weighted by Crippen LogP contribution is 2.34. The van der Waals surface area contributed by atoms with Crippen molar-refractivity contribution in [3.05, 3.63) is 35.3 Å². The monoisotopic (exact) mass is 291 g/mol. The molecule has 2 rings (SSSR count). The molecule has 1 aromatic heterocycles. The van der Waals surface area contributed by atoms with Crippen molar-refractivity contribution in [2.45, 2.75) is 53.0 Å². The second-order valence-electron chi connectivity index (χ2n) is 5.93. The van der Waals surface area contributed by atoms with Gasteiger partial charge in [0.05, 0.1) is 6.04 Å². The minimum atomic E-state index is -0.211. The molecule has 116 valence electrons. The Morgan fingerprint density at radius 1 is 1.24 bits per heavy atom. The lowest BCUT2D eigenvalue weighted by Gasteiger charge is -2.24. The van der Waals surface area contributed by atoms with E-state index in [1.165, 1.54) is 6.07 Å². The first-order chi connectivity index (χ1) is 10.1. The molecule has 0 fully saturated rings. The summed E-state index contributed by atoms with van der Waals surface area (Å²) in [5, 5.41) is 4.49. The highest BCUT2D eigenvalue weighted by Gasteiger charge is 2.24. The number of aryl methyl sites for hydroxylation is 1. The number of halogens is 1. The first-order valence-electron chi connectivity index (χ1n) is 8.00. The molecule has 3 heteroatoms. The van der Waals surface area contributed by atoms with Gasteiger partial charge in [0.15, 0.2) is 0 Å². The zero-order chi connectivity index (χ0) is 15.4. The van der Waals surface area contributed by atoms with Crippen molar-refractivity contribution in [1.82, 2.24) is 5.32 Å². The third kappa shape index (κ3) is 3.46. The van der Waals surface area contributed by atoms with E-state index in [9.17, 15) is 4.39 Å². The van der Waals surface area contributed by atoms with Crippen LogP contribution in [0.2, 0.25) is 0 Å². The molecule has 0 aliphatic rings. The van der Waals surface area contributed by atoms with Crippen molar-refractivity contribution >= 4 is 11.0 Å². The normalized spacial score (nSPS) is 14.5. The summed E-state index contributed by atoms with van der Waals surface area (Å²) in [6.45, 7) is 9.61. The molecule has 0 radical (unpaired) electrons. The highest BCUT2D eigenvalue weighted by molar-refractivity contribution is 5.82. The van der Waals surface area contributed by atoms with Gasteiger partial charge in [-0.15, -0.1) is 0 Å². The minimum Gasteiger partial charge on any atom is -0.459 e. The van der Waals surface area contributed by atoms with Crippen molar-refractivity contribution in [1.29, 1.82) is 0 Å². The first-order valence-corrected chi connectivity index (χ1v) is 8.00. The van der Waals surface area contributed by atoms with Gasteiger partial charge in [-0.2, -0.15) is 0 Å². The molecule has 0 aliphatic heterocycles. The van der Waals surface area contributed by atoms with Crippen LogP contribution in [0, 0.1) is 18.7 Å². The fraction of sp³-hybridized carbons (Fsp3) is 0.556. The number of hydrogen-bond donors (Lipinski definition) is 1. The zero-order valence-corrected chi connectivity index (χ0v) is 13.5.